The molecule has 1 aliphatic rings. The average Bonchev–Trinajstić information content (AvgIpc) is 3.30. The maximum Gasteiger partial charge on any atom is 0.138 e. The maximum absolute atomic E-state index is 5.72. The number of pyridine rings is 1. The van der Waals surface area contributed by atoms with Gasteiger partial charge in [-0.25, -0.2) is 0 Å². The molecule has 1 aliphatic carbocycles. The Balaban J connectivity index is 1.50. The fourth-order valence-electron chi connectivity index (χ4n) is 2.01. The highest BCUT2D eigenvalue weighted by Gasteiger charge is 2.19. The van der Waals surface area contributed by atoms with Crippen molar-refractivity contribution in [3.8, 4) is 5.75 Å². The van der Waals surface area contributed by atoms with Crippen LogP contribution in [0, 0.1) is 6.92 Å². The zero-order valence-electron chi connectivity index (χ0n) is 11.8. The van der Waals surface area contributed by atoms with Gasteiger partial charge in [0.25, 0.3) is 0 Å². The Labute approximate surface area is 120 Å². The molecule has 0 amide bonds. The number of nitrogens with one attached hydrogen (secondary N) is 1. The van der Waals surface area contributed by atoms with Crippen LogP contribution in [0.5, 0.6) is 5.75 Å². The van der Waals surface area contributed by atoms with Crippen molar-refractivity contribution in [2.45, 2.75) is 39.0 Å². The summed E-state index contributed by atoms with van der Waals surface area (Å²) in [5, 5.41) is 3.52. The fraction of sp³-hybridized carbons (Fsp3) is 0.353. The third-order valence-electron chi connectivity index (χ3n) is 3.48. The van der Waals surface area contributed by atoms with Gasteiger partial charge in [-0.15, -0.1) is 0 Å². The van der Waals surface area contributed by atoms with E-state index in [0.29, 0.717) is 6.61 Å². The van der Waals surface area contributed by atoms with Gasteiger partial charge in [0.15, 0.2) is 0 Å². The van der Waals surface area contributed by atoms with Crippen LogP contribution in [0.2, 0.25) is 0 Å². The Morgan fingerprint density at radius 1 is 1.10 bits per heavy atom. The van der Waals surface area contributed by atoms with Gasteiger partial charge in [0, 0.05) is 18.3 Å². The lowest BCUT2D eigenvalue weighted by Gasteiger charge is -2.07. The summed E-state index contributed by atoms with van der Waals surface area (Å²) in [6.07, 6.45) is 4.43. The number of nitrogens with zero attached hydrogens (tertiary/aromatic N) is 1. The molecule has 1 saturated carbocycles. The van der Waals surface area contributed by atoms with Crippen molar-refractivity contribution in [3.63, 3.8) is 0 Å². The summed E-state index contributed by atoms with van der Waals surface area (Å²) < 4.78 is 5.72. The minimum absolute atomic E-state index is 0.584. The zero-order chi connectivity index (χ0) is 13.8. The molecule has 1 N–H and O–H groups in total. The molecule has 0 bridgehead atoms. The van der Waals surface area contributed by atoms with Gasteiger partial charge in [0.1, 0.15) is 12.4 Å². The lowest BCUT2D eigenvalue weighted by atomic mass is 10.1. The van der Waals surface area contributed by atoms with Crippen LogP contribution in [0.1, 0.15) is 29.7 Å². The molecule has 1 fully saturated rings. The van der Waals surface area contributed by atoms with Gasteiger partial charge in [0.2, 0.25) is 0 Å². The second kappa shape index (κ2) is 6.06. The molecule has 3 heteroatoms. The lowest BCUT2D eigenvalue weighted by molar-refractivity contribution is 0.305. The molecule has 104 valence electrons. The van der Waals surface area contributed by atoms with E-state index in [-0.39, 0.29) is 0 Å². The van der Waals surface area contributed by atoms with Gasteiger partial charge in [0.05, 0.1) is 6.20 Å². The molecule has 0 aliphatic heterocycles. The van der Waals surface area contributed by atoms with E-state index in [1.165, 1.54) is 24.0 Å². The van der Waals surface area contributed by atoms with E-state index in [1.54, 1.807) is 6.20 Å². The number of hydrogen-bond donors (Lipinski definition) is 1. The Hall–Kier alpha value is -1.87. The summed E-state index contributed by atoms with van der Waals surface area (Å²) in [4.78, 5) is 4.22. The van der Waals surface area contributed by atoms with Crippen molar-refractivity contribution < 1.29 is 4.74 Å². The summed E-state index contributed by atoms with van der Waals surface area (Å²) in [6.45, 7) is 3.52. The number of ether oxygens (including phenoxy) is 1. The van der Waals surface area contributed by atoms with Crippen LogP contribution >= 0.6 is 0 Å². The highest BCUT2D eigenvalue weighted by molar-refractivity contribution is 5.24. The lowest BCUT2D eigenvalue weighted by Crippen LogP contribution is -2.15. The van der Waals surface area contributed by atoms with Crippen LogP contribution in [0.3, 0.4) is 0 Å². The minimum Gasteiger partial charge on any atom is -0.487 e. The summed E-state index contributed by atoms with van der Waals surface area (Å²) in [6, 6.07) is 13.3. The first kappa shape index (κ1) is 13.1. The van der Waals surface area contributed by atoms with Gasteiger partial charge in [-0.1, -0.05) is 24.3 Å². The van der Waals surface area contributed by atoms with Crippen LogP contribution in [0.15, 0.2) is 42.6 Å². The second-order valence-electron chi connectivity index (χ2n) is 5.40. The summed E-state index contributed by atoms with van der Waals surface area (Å²) in [5.41, 5.74) is 3.52. The number of hydrogen-bond acceptors (Lipinski definition) is 3. The van der Waals surface area contributed by atoms with Crippen molar-refractivity contribution in [1.29, 1.82) is 0 Å². The SMILES string of the molecule is Cc1ccc(OCc2ccc(CNC3CC3)cc2)cn1. The van der Waals surface area contributed by atoms with E-state index in [0.717, 1.165) is 24.0 Å². The van der Waals surface area contributed by atoms with Gasteiger partial charge in [-0.2, -0.15) is 0 Å². The Bertz CT molecular complexity index is 544. The first-order chi connectivity index (χ1) is 9.79. The molecule has 1 heterocycles. The van der Waals surface area contributed by atoms with Gasteiger partial charge in [-0.05, 0) is 43.0 Å². The summed E-state index contributed by atoms with van der Waals surface area (Å²) in [7, 11) is 0. The third-order valence-corrected chi connectivity index (χ3v) is 3.48. The van der Waals surface area contributed by atoms with Crippen LogP contribution in [0.25, 0.3) is 0 Å². The molecule has 0 saturated heterocycles. The monoisotopic (exact) mass is 268 g/mol. The van der Waals surface area contributed by atoms with E-state index < -0.39 is 0 Å². The second-order valence-corrected chi connectivity index (χ2v) is 5.40. The quantitative estimate of drug-likeness (QED) is 0.873. The Kier molecular flexibility index (Phi) is 3.97. The molecule has 0 unspecified atom stereocenters. The molecule has 3 nitrogen and oxygen atoms in total. The van der Waals surface area contributed by atoms with Crippen molar-refractivity contribution in [3.05, 3.63) is 59.4 Å². The van der Waals surface area contributed by atoms with E-state index >= 15 is 0 Å². The molecule has 1 aromatic carbocycles. The van der Waals surface area contributed by atoms with Gasteiger partial charge in [-0.3, -0.25) is 4.98 Å². The molecule has 3 rings (SSSR count). The number of aromatic nitrogens is 1. The first-order valence-electron chi connectivity index (χ1n) is 7.16. The Morgan fingerprint density at radius 2 is 1.85 bits per heavy atom. The first-order valence-corrected chi connectivity index (χ1v) is 7.16. The molecule has 1 aromatic heterocycles. The van der Waals surface area contributed by atoms with Crippen molar-refractivity contribution in [2.75, 3.05) is 0 Å². The summed E-state index contributed by atoms with van der Waals surface area (Å²) >= 11 is 0. The molecular weight excluding hydrogens is 248 g/mol. The van der Waals surface area contributed by atoms with Gasteiger partial charge >= 0.3 is 0 Å². The van der Waals surface area contributed by atoms with Gasteiger partial charge < -0.3 is 10.1 Å². The molecular formula is C17H20N2O. The summed E-state index contributed by atoms with van der Waals surface area (Å²) in [5.74, 6) is 0.815. The molecule has 20 heavy (non-hydrogen) atoms. The standard InChI is InChI=1S/C17H20N2O/c1-13-2-9-17(11-18-13)20-12-15-5-3-14(4-6-15)10-19-16-7-8-16/h2-6,9,11,16,19H,7-8,10,12H2,1H3. The third kappa shape index (κ3) is 3.81. The number of aryl methyl sites for hydroxylation is 1. The number of rotatable bonds is 6. The predicted molar refractivity (Wildman–Crippen MR) is 79.6 cm³/mol. The van der Waals surface area contributed by atoms with E-state index in [9.17, 15) is 0 Å². The fourth-order valence-corrected chi connectivity index (χ4v) is 2.01. The predicted octanol–water partition coefficient (Wildman–Crippen LogP) is 3.22. The highest BCUT2D eigenvalue weighted by atomic mass is 16.5. The molecule has 0 spiro atoms. The normalized spacial score (nSPS) is 14.2. The molecule has 0 radical (unpaired) electrons. The highest BCUT2D eigenvalue weighted by Crippen LogP contribution is 2.19. The zero-order valence-corrected chi connectivity index (χ0v) is 11.8. The van der Waals surface area contributed by atoms with Crippen LogP contribution < -0.4 is 10.1 Å². The van der Waals surface area contributed by atoms with Crippen LogP contribution in [-0.2, 0) is 13.2 Å². The topological polar surface area (TPSA) is 34.1 Å². The van der Waals surface area contributed by atoms with Crippen molar-refractivity contribution in [2.24, 2.45) is 0 Å². The largest absolute Gasteiger partial charge is 0.487 e. The van der Waals surface area contributed by atoms with Crippen molar-refractivity contribution in [1.82, 2.24) is 10.3 Å². The Morgan fingerprint density at radius 3 is 2.50 bits per heavy atom. The van der Waals surface area contributed by atoms with Crippen LogP contribution in [0.4, 0.5) is 0 Å². The minimum atomic E-state index is 0.584. The number of benzene rings is 1. The smallest absolute Gasteiger partial charge is 0.138 e. The van der Waals surface area contributed by atoms with Crippen LogP contribution in [-0.4, -0.2) is 11.0 Å². The average molecular weight is 268 g/mol. The maximum atomic E-state index is 5.72. The molecule has 2 aromatic rings. The molecule has 0 atom stereocenters. The van der Waals surface area contributed by atoms with E-state index in [2.05, 4.69) is 34.6 Å². The van der Waals surface area contributed by atoms with E-state index in [1.807, 2.05) is 19.1 Å². The van der Waals surface area contributed by atoms with E-state index in [4.69, 9.17) is 4.74 Å². The van der Waals surface area contributed by atoms with Crippen molar-refractivity contribution >= 4 is 0 Å².